The summed E-state index contributed by atoms with van der Waals surface area (Å²) >= 11 is 0.945. The summed E-state index contributed by atoms with van der Waals surface area (Å²) in [5, 5.41) is 27.9. The average molecular weight is 560 g/mol. The Hall–Kier alpha value is -4.24. The number of carboxylic acids is 1. The van der Waals surface area contributed by atoms with Crippen molar-refractivity contribution in [2.45, 2.75) is 44.6 Å². The third kappa shape index (κ3) is 6.13. The molecule has 1 aliphatic heterocycles. The molecule has 19 nitrogen and oxygen atoms in total. The highest BCUT2D eigenvalue weighted by molar-refractivity contribution is 7.84. The molecule has 2 aromatic heterocycles. The Labute approximate surface area is 212 Å². The van der Waals surface area contributed by atoms with E-state index in [0.29, 0.717) is 0 Å². The van der Waals surface area contributed by atoms with Crippen LogP contribution in [0.25, 0.3) is 0 Å². The van der Waals surface area contributed by atoms with Crippen LogP contribution in [0.15, 0.2) is 15.5 Å². The first-order valence-electron chi connectivity index (χ1n) is 10.0. The molecule has 0 unspecified atom stereocenters. The molecule has 1 saturated heterocycles. The normalized spacial score (nSPS) is 18.6. The number of aliphatic imine (C=N–C) groups is 1. The van der Waals surface area contributed by atoms with Gasteiger partial charge in [-0.2, -0.15) is 13.2 Å². The Morgan fingerprint density at radius 3 is 2.68 bits per heavy atom. The lowest BCUT2D eigenvalue weighted by molar-refractivity contribution is -0.161. The number of carbonyl (C=O) groups is 3. The molecular formula is C16H21N11O8S2. The largest absolute Gasteiger partial charge is 0.478 e. The predicted octanol–water partition coefficient (Wildman–Crippen LogP) is -3.02. The van der Waals surface area contributed by atoms with Crippen molar-refractivity contribution in [2.75, 3.05) is 5.73 Å². The summed E-state index contributed by atoms with van der Waals surface area (Å²) in [5.41, 5.74) is 8.28. The van der Waals surface area contributed by atoms with Crippen molar-refractivity contribution in [1.82, 2.24) is 34.8 Å². The van der Waals surface area contributed by atoms with Crippen molar-refractivity contribution in [3.63, 3.8) is 0 Å². The van der Waals surface area contributed by atoms with Crippen LogP contribution in [0.3, 0.4) is 0 Å². The SMILES string of the molecule is CC(C)(O/N=C(\C(=O)N[C@@H]1C(=O)N(S(=O)(=O)O)[C@@H]1Cn1nnc(CN=CN)n1)c1csc(N)n1)C(=O)O. The molecule has 1 aliphatic rings. The number of rotatable bonds is 11. The number of oxime groups is 1. The topological polar surface area (TPSA) is 284 Å². The van der Waals surface area contributed by atoms with Gasteiger partial charge in [-0.1, -0.05) is 5.16 Å². The number of nitrogens with one attached hydrogen (secondary N) is 1. The number of β-lactam (4-membered cyclic amide) rings is 1. The van der Waals surface area contributed by atoms with Crippen molar-refractivity contribution in [1.29, 1.82) is 0 Å². The molecule has 37 heavy (non-hydrogen) atoms. The average Bonchev–Trinajstić information content (AvgIpc) is 3.43. The summed E-state index contributed by atoms with van der Waals surface area (Å²) in [6.45, 7) is 1.93. The first kappa shape index (κ1) is 27.3. The Balaban J connectivity index is 1.87. The number of thiazole rings is 1. The molecule has 200 valence electrons. The second kappa shape index (κ2) is 10.4. The quantitative estimate of drug-likeness (QED) is 0.0602. The lowest BCUT2D eigenvalue weighted by Crippen LogP contribution is -2.73. The Bertz CT molecular complexity index is 1370. The van der Waals surface area contributed by atoms with E-state index >= 15 is 0 Å². The van der Waals surface area contributed by atoms with Crippen molar-refractivity contribution in [2.24, 2.45) is 15.9 Å². The van der Waals surface area contributed by atoms with Gasteiger partial charge in [0.05, 0.1) is 12.9 Å². The van der Waals surface area contributed by atoms with E-state index in [2.05, 4.69) is 35.9 Å². The van der Waals surface area contributed by atoms with Gasteiger partial charge < -0.3 is 26.7 Å². The molecule has 0 aromatic carbocycles. The summed E-state index contributed by atoms with van der Waals surface area (Å²) in [7, 11) is -5.01. The van der Waals surface area contributed by atoms with Crippen LogP contribution in [-0.2, 0) is 42.6 Å². The highest BCUT2D eigenvalue weighted by Gasteiger charge is 2.54. The highest BCUT2D eigenvalue weighted by atomic mass is 32.2. The fraction of sp³-hybridized carbons (Fsp3) is 0.438. The van der Waals surface area contributed by atoms with Crippen LogP contribution in [0, 0.1) is 0 Å². The summed E-state index contributed by atoms with van der Waals surface area (Å²) in [5.74, 6) is -3.50. The third-order valence-corrected chi connectivity index (χ3v) is 6.37. The number of carbonyl (C=O) groups excluding carboxylic acids is 2. The molecule has 0 spiro atoms. The lowest BCUT2D eigenvalue weighted by atomic mass is 9.98. The predicted molar refractivity (Wildman–Crippen MR) is 124 cm³/mol. The van der Waals surface area contributed by atoms with Gasteiger partial charge in [0, 0.05) is 5.38 Å². The summed E-state index contributed by atoms with van der Waals surface area (Å²) in [6, 6.07) is -2.87. The molecule has 7 N–H and O–H groups in total. The fourth-order valence-electron chi connectivity index (χ4n) is 2.87. The number of anilines is 1. The zero-order valence-electron chi connectivity index (χ0n) is 19.1. The molecule has 2 amide bonds. The second-order valence-electron chi connectivity index (χ2n) is 7.80. The standard InChI is InChI=1S/C16H21N11O8S2/c1-16(2,14(30)31)35-24-10(7-5-36-15(18)20-7)12(28)21-11-8(27(13(11)29)37(32,33)34)4-26-23-9(22-25-26)3-19-6-17/h5-6,8,11H,3-4H2,1-2H3,(H2,17,19)(H2,18,20)(H,21,28)(H,30,31)(H,32,33,34)/b24-10-/t8-,11+/m1/s1. The van der Waals surface area contributed by atoms with Gasteiger partial charge in [0.25, 0.3) is 11.8 Å². The minimum atomic E-state index is -5.01. The number of hydrogen-bond acceptors (Lipinski definition) is 14. The Kier molecular flexibility index (Phi) is 7.69. The van der Waals surface area contributed by atoms with Crippen LogP contribution < -0.4 is 16.8 Å². The van der Waals surface area contributed by atoms with E-state index in [-0.39, 0.29) is 27.5 Å². The number of amides is 2. The van der Waals surface area contributed by atoms with Crippen LogP contribution in [0.5, 0.6) is 0 Å². The first-order valence-corrected chi connectivity index (χ1v) is 12.3. The zero-order chi connectivity index (χ0) is 27.5. The zero-order valence-corrected chi connectivity index (χ0v) is 20.7. The van der Waals surface area contributed by atoms with E-state index < -0.39 is 58.0 Å². The van der Waals surface area contributed by atoms with Gasteiger partial charge in [0.2, 0.25) is 5.60 Å². The number of aliphatic carboxylic acids is 1. The lowest BCUT2D eigenvalue weighted by Gasteiger charge is -2.43. The van der Waals surface area contributed by atoms with E-state index in [9.17, 15) is 32.5 Å². The molecule has 3 heterocycles. The molecule has 0 saturated carbocycles. The van der Waals surface area contributed by atoms with E-state index in [1.165, 1.54) is 19.2 Å². The van der Waals surface area contributed by atoms with Crippen LogP contribution in [0.4, 0.5) is 5.13 Å². The van der Waals surface area contributed by atoms with Crippen LogP contribution in [0.2, 0.25) is 0 Å². The maximum absolute atomic E-state index is 13.1. The summed E-state index contributed by atoms with van der Waals surface area (Å²) < 4.78 is 33.2. The maximum Gasteiger partial charge on any atom is 0.362 e. The monoisotopic (exact) mass is 559 g/mol. The number of hydrogen-bond donors (Lipinski definition) is 5. The summed E-state index contributed by atoms with van der Waals surface area (Å²) in [6.07, 6.45) is 1.02. The number of nitrogen functional groups attached to an aromatic ring is 1. The van der Waals surface area contributed by atoms with Gasteiger partial charge >= 0.3 is 16.3 Å². The van der Waals surface area contributed by atoms with Gasteiger partial charge in [-0.3, -0.25) is 19.1 Å². The molecule has 0 radical (unpaired) electrons. The van der Waals surface area contributed by atoms with E-state index in [0.717, 1.165) is 22.5 Å². The molecule has 0 aliphatic carbocycles. The van der Waals surface area contributed by atoms with Crippen LogP contribution >= 0.6 is 11.3 Å². The van der Waals surface area contributed by atoms with Crippen LogP contribution in [-0.4, -0.2) is 95.1 Å². The van der Waals surface area contributed by atoms with E-state index in [1.807, 2.05) is 0 Å². The Morgan fingerprint density at radius 1 is 1.41 bits per heavy atom. The minimum Gasteiger partial charge on any atom is -0.478 e. The van der Waals surface area contributed by atoms with Gasteiger partial charge in [0.15, 0.2) is 16.7 Å². The third-order valence-electron chi connectivity index (χ3n) is 4.75. The number of tetrazole rings is 1. The number of carboxylic acid groups (broad SMARTS) is 1. The van der Waals surface area contributed by atoms with Crippen molar-refractivity contribution < 1.29 is 37.3 Å². The number of aromatic nitrogens is 5. The van der Waals surface area contributed by atoms with Crippen LogP contribution in [0.1, 0.15) is 25.4 Å². The van der Waals surface area contributed by atoms with Gasteiger partial charge in [-0.05, 0) is 19.1 Å². The van der Waals surface area contributed by atoms with Gasteiger partial charge in [-0.25, -0.2) is 14.1 Å². The van der Waals surface area contributed by atoms with Crippen molar-refractivity contribution >= 4 is 56.6 Å². The minimum absolute atomic E-state index is 0.0223. The van der Waals surface area contributed by atoms with Crippen molar-refractivity contribution in [3.8, 4) is 0 Å². The van der Waals surface area contributed by atoms with Gasteiger partial charge in [0.1, 0.15) is 24.3 Å². The second-order valence-corrected chi connectivity index (χ2v) is 9.98. The van der Waals surface area contributed by atoms with Gasteiger partial charge in [-0.15, -0.1) is 21.5 Å². The molecule has 1 fully saturated rings. The fourth-order valence-corrected chi connectivity index (χ4v) is 4.29. The molecule has 2 aromatic rings. The van der Waals surface area contributed by atoms with Crippen molar-refractivity contribution in [3.05, 3.63) is 16.9 Å². The molecule has 2 atom stereocenters. The maximum atomic E-state index is 13.1. The Morgan fingerprint density at radius 2 is 2.11 bits per heavy atom. The molecular weight excluding hydrogens is 538 g/mol. The number of nitrogens with two attached hydrogens (primary N) is 2. The van der Waals surface area contributed by atoms with E-state index in [1.54, 1.807) is 0 Å². The highest BCUT2D eigenvalue weighted by Crippen LogP contribution is 2.25. The number of nitrogens with zero attached hydrogens (tertiary/aromatic N) is 8. The first-order chi connectivity index (χ1) is 17.2. The smallest absolute Gasteiger partial charge is 0.362 e. The molecule has 0 bridgehead atoms. The summed E-state index contributed by atoms with van der Waals surface area (Å²) in [4.78, 5) is 50.5. The molecule has 21 heteroatoms. The van der Waals surface area contributed by atoms with E-state index in [4.69, 9.17) is 16.3 Å². The molecule has 3 rings (SSSR count).